The van der Waals surface area contributed by atoms with E-state index < -0.39 is 6.10 Å². The number of allylic oxidation sites excluding steroid dienone is 16. The molecule has 6 nitrogen and oxygen atoms in total. The molecule has 0 aromatic heterocycles. The average molecular weight is 875 g/mol. The van der Waals surface area contributed by atoms with Crippen molar-refractivity contribution < 1.29 is 28.6 Å². The smallest absolute Gasteiger partial charge is 0.306 e. The largest absolute Gasteiger partial charge is 0.462 e. The minimum absolute atomic E-state index is 0.126. The second-order valence-corrected chi connectivity index (χ2v) is 16.7. The number of rotatable bonds is 45. The van der Waals surface area contributed by atoms with Gasteiger partial charge in [0.25, 0.3) is 0 Å². The zero-order valence-electron chi connectivity index (χ0n) is 40.8. The topological polar surface area (TPSA) is 78.9 Å². The lowest BCUT2D eigenvalue weighted by Crippen LogP contribution is -2.30. The number of unbranched alkanes of at least 4 members (excludes halogenated alkanes) is 18. The number of hydrogen-bond donors (Lipinski definition) is 0. The van der Waals surface area contributed by atoms with Crippen LogP contribution in [0, 0.1) is 0 Å². The first-order valence-corrected chi connectivity index (χ1v) is 25.7. The maximum absolute atomic E-state index is 12.8. The molecule has 0 amide bonds. The maximum atomic E-state index is 12.8. The van der Waals surface area contributed by atoms with Crippen LogP contribution >= 0.6 is 0 Å². The van der Waals surface area contributed by atoms with E-state index in [0.717, 1.165) is 70.6 Å². The van der Waals surface area contributed by atoms with E-state index in [1.807, 2.05) is 6.08 Å². The van der Waals surface area contributed by atoms with E-state index in [1.165, 1.54) is 103 Å². The molecule has 0 rings (SSSR count). The molecule has 1 atom stereocenters. The van der Waals surface area contributed by atoms with Crippen LogP contribution in [0.4, 0.5) is 0 Å². The Balaban J connectivity index is 4.55. The summed E-state index contributed by atoms with van der Waals surface area (Å²) in [5.41, 5.74) is 0. The van der Waals surface area contributed by atoms with Crippen LogP contribution in [0.3, 0.4) is 0 Å². The highest BCUT2D eigenvalue weighted by molar-refractivity contribution is 5.71. The van der Waals surface area contributed by atoms with Gasteiger partial charge in [-0.1, -0.05) is 201 Å². The second-order valence-electron chi connectivity index (χ2n) is 16.7. The van der Waals surface area contributed by atoms with Gasteiger partial charge in [0.2, 0.25) is 0 Å². The van der Waals surface area contributed by atoms with Crippen LogP contribution in [0.25, 0.3) is 0 Å². The van der Waals surface area contributed by atoms with Gasteiger partial charge < -0.3 is 14.2 Å². The molecule has 0 N–H and O–H groups in total. The minimum atomic E-state index is -0.825. The number of carbonyl (C=O) groups is 3. The van der Waals surface area contributed by atoms with Crippen molar-refractivity contribution >= 4 is 17.9 Å². The molecule has 358 valence electrons. The molecule has 0 aromatic carbocycles. The summed E-state index contributed by atoms with van der Waals surface area (Å²) in [7, 11) is 0. The van der Waals surface area contributed by atoms with E-state index in [1.54, 1.807) is 0 Å². The predicted molar refractivity (Wildman–Crippen MR) is 270 cm³/mol. The molecular weight excluding hydrogens is 781 g/mol. The van der Waals surface area contributed by atoms with Gasteiger partial charge in [0.1, 0.15) is 13.2 Å². The molecule has 0 bridgehead atoms. The number of hydrogen-bond acceptors (Lipinski definition) is 6. The van der Waals surface area contributed by atoms with Crippen molar-refractivity contribution in [3.05, 3.63) is 97.2 Å². The summed E-state index contributed by atoms with van der Waals surface area (Å²) in [6, 6.07) is 0. The van der Waals surface area contributed by atoms with E-state index in [4.69, 9.17) is 14.2 Å². The Hall–Kier alpha value is -3.67. The highest BCUT2D eigenvalue weighted by atomic mass is 16.6. The van der Waals surface area contributed by atoms with Crippen LogP contribution in [-0.2, 0) is 28.6 Å². The van der Waals surface area contributed by atoms with Crippen molar-refractivity contribution in [3.8, 4) is 0 Å². The van der Waals surface area contributed by atoms with Gasteiger partial charge in [-0.05, 0) is 103 Å². The molecule has 0 saturated heterocycles. The van der Waals surface area contributed by atoms with Crippen LogP contribution in [0.2, 0.25) is 0 Å². The fourth-order valence-corrected chi connectivity index (χ4v) is 6.70. The van der Waals surface area contributed by atoms with Crippen molar-refractivity contribution in [3.63, 3.8) is 0 Å². The number of esters is 3. The molecule has 0 aliphatic carbocycles. The molecule has 0 spiro atoms. The lowest BCUT2D eigenvalue weighted by atomic mass is 10.1. The van der Waals surface area contributed by atoms with Gasteiger partial charge in [-0.2, -0.15) is 0 Å². The summed E-state index contributed by atoms with van der Waals surface area (Å²) in [4.78, 5) is 37.9. The van der Waals surface area contributed by atoms with Crippen LogP contribution < -0.4 is 0 Å². The molecule has 63 heavy (non-hydrogen) atoms. The summed E-state index contributed by atoms with van der Waals surface area (Å²) in [5.74, 6) is -1.06. The fraction of sp³-hybridized carbons (Fsp3) is 0.667. The van der Waals surface area contributed by atoms with Crippen LogP contribution in [-0.4, -0.2) is 37.2 Å². The first kappa shape index (κ1) is 59.3. The van der Waals surface area contributed by atoms with Gasteiger partial charge in [-0.3, -0.25) is 14.4 Å². The molecular formula is C57H94O6. The molecule has 0 radical (unpaired) electrons. The van der Waals surface area contributed by atoms with Crippen molar-refractivity contribution in [2.45, 2.75) is 232 Å². The minimum Gasteiger partial charge on any atom is -0.462 e. The molecule has 0 aliphatic heterocycles. The third-order valence-corrected chi connectivity index (χ3v) is 10.6. The monoisotopic (exact) mass is 875 g/mol. The van der Waals surface area contributed by atoms with Crippen molar-refractivity contribution in [1.82, 2.24) is 0 Å². The molecule has 0 heterocycles. The molecule has 1 unspecified atom stereocenters. The lowest BCUT2D eigenvalue weighted by Gasteiger charge is -2.18. The van der Waals surface area contributed by atoms with E-state index in [9.17, 15) is 14.4 Å². The van der Waals surface area contributed by atoms with E-state index in [0.29, 0.717) is 19.3 Å². The highest BCUT2D eigenvalue weighted by Gasteiger charge is 2.19. The van der Waals surface area contributed by atoms with E-state index in [2.05, 4.69) is 112 Å². The molecule has 0 saturated carbocycles. The van der Waals surface area contributed by atoms with Crippen molar-refractivity contribution in [2.24, 2.45) is 0 Å². The average Bonchev–Trinajstić information content (AvgIpc) is 3.28. The van der Waals surface area contributed by atoms with Gasteiger partial charge in [0, 0.05) is 19.3 Å². The zero-order valence-corrected chi connectivity index (χ0v) is 40.8. The zero-order chi connectivity index (χ0) is 45.8. The van der Waals surface area contributed by atoms with Crippen LogP contribution in [0.1, 0.15) is 226 Å². The summed E-state index contributed by atoms with van der Waals surface area (Å²) in [6.07, 6.45) is 66.9. The summed E-state index contributed by atoms with van der Waals surface area (Å²) in [6.45, 7) is 6.39. The Morgan fingerprint density at radius 1 is 0.333 bits per heavy atom. The Labute approximate surface area is 387 Å². The van der Waals surface area contributed by atoms with Crippen molar-refractivity contribution in [1.29, 1.82) is 0 Å². The van der Waals surface area contributed by atoms with Gasteiger partial charge in [-0.15, -0.1) is 0 Å². The standard InChI is InChI=1S/C57H94O6/c1-4-7-10-13-16-19-22-25-27-28-30-32-35-38-41-44-47-50-56(59)62-53-54(52-61-55(58)49-46-43-40-37-34-31-24-21-18-15-12-9-6-3)63-57(60)51-48-45-42-39-36-33-29-26-23-20-17-14-11-8-5-2/h7,10,16,19-20,23,25,27,30-32,34,38,40-41,43,54H,4-6,8-9,11-15,17-18,21-22,24,26,28-29,33,35-37,39,42,44-53H2,1-3H3/b10-7-,19-16-,23-20-,27-25-,32-30-,34-31-,41-38-,43-40-. The Morgan fingerprint density at radius 2 is 0.667 bits per heavy atom. The number of carbonyl (C=O) groups excluding carboxylic acids is 3. The van der Waals surface area contributed by atoms with Gasteiger partial charge in [0.05, 0.1) is 0 Å². The third-order valence-electron chi connectivity index (χ3n) is 10.6. The first-order valence-electron chi connectivity index (χ1n) is 25.7. The van der Waals surface area contributed by atoms with Gasteiger partial charge in [-0.25, -0.2) is 0 Å². The normalized spacial score (nSPS) is 12.9. The van der Waals surface area contributed by atoms with E-state index in [-0.39, 0.29) is 44.0 Å². The quantitative estimate of drug-likeness (QED) is 0.0262. The maximum Gasteiger partial charge on any atom is 0.306 e. The summed E-state index contributed by atoms with van der Waals surface area (Å²) in [5, 5.41) is 0. The molecule has 0 fully saturated rings. The molecule has 0 aromatic rings. The molecule has 0 aliphatic rings. The fourth-order valence-electron chi connectivity index (χ4n) is 6.70. The highest BCUT2D eigenvalue weighted by Crippen LogP contribution is 2.13. The SMILES string of the molecule is CC/C=C\C/C=C\C/C=C\C/C=C\C/C=C\CCCC(=O)OCC(COC(=O)CC/C=C\C/C=C\CCCCCCCC)OC(=O)CCCCCCCCC/C=C\CCCCCC. The van der Waals surface area contributed by atoms with Gasteiger partial charge >= 0.3 is 17.9 Å². The third kappa shape index (κ3) is 49.2. The second kappa shape index (κ2) is 51.0. The predicted octanol–water partition coefficient (Wildman–Crippen LogP) is 17.0. The summed E-state index contributed by atoms with van der Waals surface area (Å²) < 4.78 is 16.7. The first-order chi connectivity index (χ1) is 31.0. The van der Waals surface area contributed by atoms with Crippen molar-refractivity contribution in [2.75, 3.05) is 13.2 Å². The Bertz CT molecular complexity index is 1280. The van der Waals surface area contributed by atoms with Gasteiger partial charge in [0.15, 0.2) is 6.10 Å². The molecule has 6 heteroatoms. The lowest BCUT2D eigenvalue weighted by molar-refractivity contribution is -0.166. The Kier molecular flexibility index (Phi) is 48.0. The summed E-state index contributed by atoms with van der Waals surface area (Å²) >= 11 is 0. The Morgan fingerprint density at radius 3 is 1.14 bits per heavy atom. The number of ether oxygens (including phenoxy) is 3. The van der Waals surface area contributed by atoms with Crippen LogP contribution in [0.15, 0.2) is 97.2 Å². The van der Waals surface area contributed by atoms with E-state index >= 15 is 0 Å². The van der Waals surface area contributed by atoms with Crippen LogP contribution in [0.5, 0.6) is 0 Å².